The fourth-order valence-corrected chi connectivity index (χ4v) is 4.64. The molecule has 0 aromatic heterocycles. The summed E-state index contributed by atoms with van der Waals surface area (Å²) in [4.78, 5) is 11.3. The van der Waals surface area contributed by atoms with Gasteiger partial charge in [-0.2, -0.15) is 0 Å². The predicted molar refractivity (Wildman–Crippen MR) is 74.4 cm³/mol. The number of rotatable bonds is 4. The first-order valence-corrected chi connectivity index (χ1v) is 6.99. The molecule has 3 heteroatoms. The van der Waals surface area contributed by atoms with Gasteiger partial charge in [-0.05, 0) is 41.9 Å². The molecule has 3 nitrogen and oxygen atoms in total. The summed E-state index contributed by atoms with van der Waals surface area (Å²) in [6.45, 7) is 11.0. The van der Waals surface area contributed by atoms with E-state index in [9.17, 15) is 9.90 Å². The van der Waals surface area contributed by atoms with Crippen molar-refractivity contribution in [1.29, 1.82) is 0 Å². The van der Waals surface area contributed by atoms with Crippen LogP contribution in [0.2, 0.25) is 0 Å². The van der Waals surface area contributed by atoms with Crippen LogP contribution in [0.1, 0.15) is 66.7 Å². The number of carboxylic acids is 1. The molecule has 0 aromatic carbocycles. The van der Waals surface area contributed by atoms with E-state index >= 15 is 0 Å². The van der Waals surface area contributed by atoms with E-state index in [0.717, 1.165) is 25.7 Å². The Balaban J connectivity index is 3.12. The van der Waals surface area contributed by atoms with E-state index in [2.05, 4.69) is 34.6 Å². The maximum Gasteiger partial charge on any atom is 0.303 e. The third-order valence-electron chi connectivity index (χ3n) is 4.35. The lowest BCUT2D eigenvalue weighted by atomic mass is 9.52. The van der Waals surface area contributed by atoms with Gasteiger partial charge in [0.25, 0.3) is 0 Å². The van der Waals surface area contributed by atoms with Crippen molar-refractivity contribution < 1.29 is 9.90 Å². The third kappa shape index (κ3) is 3.47. The Labute approximate surface area is 111 Å². The summed E-state index contributed by atoms with van der Waals surface area (Å²) in [6.07, 6.45) is 4.03. The minimum absolute atomic E-state index is 0.0209. The normalized spacial score (nSPS) is 26.6. The maximum atomic E-state index is 11.3. The smallest absolute Gasteiger partial charge is 0.303 e. The van der Waals surface area contributed by atoms with Gasteiger partial charge >= 0.3 is 5.97 Å². The fourth-order valence-electron chi connectivity index (χ4n) is 4.64. The third-order valence-corrected chi connectivity index (χ3v) is 4.35. The number of aliphatic carboxylic acids is 1. The Morgan fingerprint density at radius 3 is 1.94 bits per heavy atom. The second-order valence-corrected chi connectivity index (χ2v) is 7.81. The molecule has 1 fully saturated rings. The van der Waals surface area contributed by atoms with E-state index in [1.807, 2.05) is 0 Å². The summed E-state index contributed by atoms with van der Waals surface area (Å²) < 4.78 is 0. The lowest BCUT2D eigenvalue weighted by Gasteiger charge is -2.54. The molecule has 0 aromatic rings. The Bertz CT molecular complexity index is 304. The minimum atomic E-state index is -0.715. The lowest BCUT2D eigenvalue weighted by Crippen LogP contribution is -2.52. The number of nitrogens with two attached hydrogens (primary N) is 1. The molecule has 1 aliphatic carbocycles. The van der Waals surface area contributed by atoms with Crippen molar-refractivity contribution >= 4 is 5.97 Å². The number of carboxylic acid groups (broad SMARTS) is 1. The summed E-state index contributed by atoms with van der Waals surface area (Å²) in [6, 6.07) is -0.0209. The molecular weight excluding hydrogens is 226 g/mol. The van der Waals surface area contributed by atoms with Gasteiger partial charge in [0, 0.05) is 6.04 Å². The molecule has 0 radical (unpaired) electrons. The Kier molecular flexibility index (Phi) is 4.16. The highest BCUT2D eigenvalue weighted by Gasteiger charge is 2.50. The van der Waals surface area contributed by atoms with Gasteiger partial charge in [0.15, 0.2) is 0 Å². The van der Waals surface area contributed by atoms with Crippen LogP contribution in [0.25, 0.3) is 0 Å². The van der Waals surface area contributed by atoms with Crippen LogP contribution in [0, 0.1) is 16.2 Å². The Morgan fingerprint density at radius 2 is 1.61 bits per heavy atom. The van der Waals surface area contributed by atoms with E-state index in [4.69, 9.17) is 5.73 Å². The Morgan fingerprint density at radius 1 is 1.17 bits per heavy atom. The minimum Gasteiger partial charge on any atom is -0.481 e. The second kappa shape index (κ2) is 4.84. The molecule has 1 unspecified atom stereocenters. The zero-order chi connectivity index (χ0) is 14.2. The van der Waals surface area contributed by atoms with Gasteiger partial charge < -0.3 is 10.8 Å². The zero-order valence-corrected chi connectivity index (χ0v) is 12.5. The SMILES string of the molecule is CCC(N)C1(CC(=O)O)CC(C)(C)CC(C)(C)C1. The quantitative estimate of drug-likeness (QED) is 0.809. The average molecular weight is 255 g/mol. The molecule has 0 spiro atoms. The van der Waals surface area contributed by atoms with E-state index in [0.29, 0.717) is 0 Å². The number of hydrogen-bond acceptors (Lipinski definition) is 2. The largest absolute Gasteiger partial charge is 0.481 e. The van der Waals surface area contributed by atoms with Gasteiger partial charge in [0.05, 0.1) is 6.42 Å². The van der Waals surface area contributed by atoms with Crippen molar-refractivity contribution in [3.8, 4) is 0 Å². The van der Waals surface area contributed by atoms with Crippen molar-refractivity contribution in [3.63, 3.8) is 0 Å². The van der Waals surface area contributed by atoms with Crippen LogP contribution in [0.3, 0.4) is 0 Å². The van der Waals surface area contributed by atoms with E-state index < -0.39 is 5.97 Å². The van der Waals surface area contributed by atoms with Crippen LogP contribution in [-0.4, -0.2) is 17.1 Å². The summed E-state index contributed by atoms with van der Waals surface area (Å²) in [5.74, 6) is -0.715. The van der Waals surface area contributed by atoms with Gasteiger partial charge in [0.2, 0.25) is 0 Å². The molecule has 0 bridgehead atoms. The fraction of sp³-hybridized carbons (Fsp3) is 0.933. The van der Waals surface area contributed by atoms with Crippen LogP contribution < -0.4 is 5.73 Å². The van der Waals surface area contributed by atoms with E-state index in [-0.39, 0.29) is 28.7 Å². The van der Waals surface area contributed by atoms with Gasteiger partial charge in [-0.3, -0.25) is 4.79 Å². The molecule has 1 rings (SSSR count). The molecule has 106 valence electrons. The van der Waals surface area contributed by atoms with Gasteiger partial charge in [-0.25, -0.2) is 0 Å². The van der Waals surface area contributed by atoms with E-state index in [1.165, 1.54) is 0 Å². The number of hydrogen-bond donors (Lipinski definition) is 2. The van der Waals surface area contributed by atoms with Crippen molar-refractivity contribution in [2.24, 2.45) is 22.0 Å². The van der Waals surface area contributed by atoms with Crippen LogP contribution in [0.15, 0.2) is 0 Å². The summed E-state index contributed by atoms with van der Waals surface area (Å²) in [5, 5.41) is 9.26. The van der Waals surface area contributed by atoms with Crippen LogP contribution in [-0.2, 0) is 4.79 Å². The summed E-state index contributed by atoms with van der Waals surface area (Å²) in [5.41, 5.74) is 6.41. The predicted octanol–water partition coefficient (Wildman–Crippen LogP) is 3.42. The van der Waals surface area contributed by atoms with Crippen molar-refractivity contribution in [1.82, 2.24) is 0 Å². The Hall–Kier alpha value is -0.570. The van der Waals surface area contributed by atoms with Gasteiger partial charge in [-0.1, -0.05) is 34.6 Å². The highest BCUT2D eigenvalue weighted by molar-refractivity contribution is 5.68. The molecule has 0 heterocycles. The molecule has 18 heavy (non-hydrogen) atoms. The molecule has 1 aliphatic rings. The van der Waals surface area contributed by atoms with Gasteiger partial charge in [0.1, 0.15) is 0 Å². The first kappa shape index (κ1) is 15.5. The molecule has 0 saturated heterocycles. The monoisotopic (exact) mass is 255 g/mol. The van der Waals surface area contributed by atoms with Gasteiger partial charge in [-0.15, -0.1) is 0 Å². The van der Waals surface area contributed by atoms with Crippen LogP contribution >= 0.6 is 0 Å². The molecular formula is C15H29NO2. The highest BCUT2D eigenvalue weighted by Crippen LogP contribution is 2.56. The van der Waals surface area contributed by atoms with E-state index in [1.54, 1.807) is 0 Å². The van der Waals surface area contributed by atoms with Crippen LogP contribution in [0.5, 0.6) is 0 Å². The standard InChI is InChI=1S/C15H29NO2/c1-6-11(16)15(7-12(17)18)9-13(2,3)8-14(4,5)10-15/h11H,6-10,16H2,1-5H3,(H,17,18). The number of carbonyl (C=O) groups is 1. The second-order valence-electron chi connectivity index (χ2n) is 7.81. The van der Waals surface area contributed by atoms with Crippen LogP contribution in [0.4, 0.5) is 0 Å². The van der Waals surface area contributed by atoms with Crippen molar-refractivity contribution in [3.05, 3.63) is 0 Å². The molecule has 1 saturated carbocycles. The molecule has 1 atom stereocenters. The maximum absolute atomic E-state index is 11.3. The summed E-state index contributed by atoms with van der Waals surface area (Å²) >= 11 is 0. The zero-order valence-electron chi connectivity index (χ0n) is 12.5. The van der Waals surface area contributed by atoms with Crippen molar-refractivity contribution in [2.45, 2.75) is 72.8 Å². The van der Waals surface area contributed by atoms with Crippen molar-refractivity contribution in [2.75, 3.05) is 0 Å². The first-order chi connectivity index (χ1) is 8.02. The summed E-state index contributed by atoms with van der Waals surface area (Å²) in [7, 11) is 0. The molecule has 3 N–H and O–H groups in total. The average Bonchev–Trinajstić information content (AvgIpc) is 2.09. The topological polar surface area (TPSA) is 63.3 Å². The molecule has 0 amide bonds. The first-order valence-electron chi connectivity index (χ1n) is 6.99. The lowest BCUT2D eigenvalue weighted by molar-refractivity contribution is -0.143. The molecule has 0 aliphatic heterocycles. The highest BCUT2D eigenvalue weighted by atomic mass is 16.4.